The second-order valence-corrected chi connectivity index (χ2v) is 5.52. The maximum atomic E-state index is 12.0. The van der Waals surface area contributed by atoms with Crippen LogP contribution in [0.15, 0.2) is 0 Å². The highest BCUT2D eigenvalue weighted by molar-refractivity contribution is 5.85. The Labute approximate surface area is 118 Å². The molecule has 0 aromatic carbocycles. The molecule has 1 saturated carbocycles. The summed E-state index contributed by atoms with van der Waals surface area (Å²) in [7, 11) is 0. The lowest BCUT2D eigenvalue weighted by Crippen LogP contribution is -2.41. The highest BCUT2D eigenvalue weighted by atomic mass is 35.5. The Bertz CT molecular complexity index is 236. The van der Waals surface area contributed by atoms with Crippen molar-refractivity contribution in [3.8, 4) is 0 Å². The van der Waals surface area contributed by atoms with Gasteiger partial charge in [-0.1, -0.05) is 33.1 Å². The summed E-state index contributed by atoms with van der Waals surface area (Å²) in [5.74, 6) is 0.200. The zero-order chi connectivity index (χ0) is 12.7. The van der Waals surface area contributed by atoms with Gasteiger partial charge in [0.15, 0.2) is 0 Å². The molecule has 0 aliphatic heterocycles. The number of carbonyl (C=O) groups excluding carboxylic acids is 1. The van der Waals surface area contributed by atoms with Gasteiger partial charge < -0.3 is 11.1 Å². The van der Waals surface area contributed by atoms with E-state index in [4.69, 9.17) is 5.73 Å². The van der Waals surface area contributed by atoms with Crippen molar-refractivity contribution in [1.29, 1.82) is 0 Å². The molecule has 0 spiro atoms. The van der Waals surface area contributed by atoms with E-state index in [1.54, 1.807) is 0 Å². The number of hydrogen-bond donors (Lipinski definition) is 2. The summed E-state index contributed by atoms with van der Waals surface area (Å²) in [6, 6.07) is 0.334. The maximum absolute atomic E-state index is 12.0. The average Bonchev–Trinajstić information content (AvgIpc) is 2.37. The lowest BCUT2D eigenvalue weighted by atomic mass is 9.71. The Morgan fingerprint density at radius 1 is 1.22 bits per heavy atom. The lowest BCUT2D eigenvalue weighted by Gasteiger charge is -2.36. The molecule has 4 heteroatoms. The van der Waals surface area contributed by atoms with Gasteiger partial charge >= 0.3 is 0 Å². The monoisotopic (exact) mass is 276 g/mol. The van der Waals surface area contributed by atoms with Gasteiger partial charge in [-0.15, -0.1) is 12.4 Å². The number of hydrogen-bond acceptors (Lipinski definition) is 2. The fourth-order valence-corrected chi connectivity index (χ4v) is 2.87. The first-order chi connectivity index (χ1) is 8.15. The van der Waals surface area contributed by atoms with Crippen molar-refractivity contribution < 1.29 is 4.79 Å². The summed E-state index contributed by atoms with van der Waals surface area (Å²) < 4.78 is 0. The Morgan fingerprint density at radius 2 is 1.78 bits per heavy atom. The zero-order valence-electron chi connectivity index (χ0n) is 11.8. The van der Waals surface area contributed by atoms with Crippen molar-refractivity contribution >= 4 is 18.3 Å². The van der Waals surface area contributed by atoms with Crippen molar-refractivity contribution in [2.75, 3.05) is 6.54 Å². The average molecular weight is 277 g/mol. The Balaban J connectivity index is 0.00000289. The molecule has 108 valence electrons. The van der Waals surface area contributed by atoms with E-state index in [2.05, 4.69) is 19.2 Å². The van der Waals surface area contributed by atoms with Crippen molar-refractivity contribution in [3.05, 3.63) is 0 Å². The largest absolute Gasteiger partial charge is 0.353 e. The van der Waals surface area contributed by atoms with Crippen LogP contribution < -0.4 is 11.1 Å². The summed E-state index contributed by atoms with van der Waals surface area (Å²) in [6.45, 7) is 4.89. The molecule has 0 heterocycles. The highest BCUT2D eigenvalue weighted by Crippen LogP contribution is 2.38. The third kappa shape index (κ3) is 5.15. The first kappa shape index (κ1) is 17.7. The molecule has 1 amide bonds. The Hall–Kier alpha value is -0.280. The minimum Gasteiger partial charge on any atom is -0.353 e. The molecule has 1 aliphatic rings. The number of rotatable bonds is 6. The fourth-order valence-electron chi connectivity index (χ4n) is 2.87. The normalized spacial score (nSPS) is 18.2. The third-order valence-electron chi connectivity index (χ3n) is 4.23. The summed E-state index contributed by atoms with van der Waals surface area (Å²) in [5, 5.41) is 3.13. The second kappa shape index (κ2) is 8.76. The summed E-state index contributed by atoms with van der Waals surface area (Å²) in [5.41, 5.74) is 5.99. The number of nitrogens with two attached hydrogens (primary N) is 1. The van der Waals surface area contributed by atoms with E-state index in [9.17, 15) is 4.79 Å². The van der Waals surface area contributed by atoms with E-state index in [1.165, 1.54) is 19.3 Å². The molecule has 1 rings (SSSR count). The molecular formula is C14H29ClN2O. The SMILES string of the molecule is CCC(CC)NC(=O)CC1(CN)CCCCC1.Cl. The van der Waals surface area contributed by atoms with Crippen LogP contribution in [-0.4, -0.2) is 18.5 Å². The quantitative estimate of drug-likeness (QED) is 0.784. The standard InChI is InChI=1S/C14H28N2O.ClH/c1-3-12(4-2)16-13(17)10-14(11-15)8-6-5-7-9-14;/h12H,3-11,15H2,1-2H3,(H,16,17);1H. The van der Waals surface area contributed by atoms with Crippen LogP contribution in [-0.2, 0) is 4.79 Å². The van der Waals surface area contributed by atoms with Crippen molar-refractivity contribution in [3.63, 3.8) is 0 Å². The van der Waals surface area contributed by atoms with E-state index in [0.29, 0.717) is 19.0 Å². The van der Waals surface area contributed by atoms with E-state index >= 15 is 0 Å². The van der Waals surface area contributed by atoms with Gasteiger partial charge in [-0.3, -0.25) is 4.79 Å². The molecule has 0 radical (unpaired) electrons. The van der Waals surface area contributed by atoms with Crippen LogP contribution in [0, 0.1) is 5.41 Å². The van der Waals surface area contributed by atoms with E-state index in [1.807, 2.05) is 0 Å². The number of amides is 1. The molecule has 3 nitrogen and oxygen atoms in total. The van der Waals surface area contributed by atoms with Crippen molar-refractivity contribution in [2.24, 2.45) is 11.1 Å². The molecule has 3 N–H and O–H groups in total. The number of nitrogens with one attached hydrogen (secondary N) is 1. The van der Waals surface area contributed by atoms with E-state index in [-0.39, 0.29) is 23.7 Å². The molecule has 1 fully saturated rings. The topological polar surface area (TPSA) is 55.1 Å². The minimum atomic E-state index is 0. The molecule has 1 aliphatic carbocycles. The summed E-state index contributed by atoms with van der Waals surface area (Å²) in [4.78, 5) is 12.0. The maximum Gasteiger partial charge on any atom is 0.220 e. The molecule has 0 atom stereocenters. The molecule has 0 unspecified atom stereocenters. The summed E-state index contributed by atoms with van der Waals surface area (Å²) in [6.07, 6.45) is 8.66. The first-order valence-corrected chi connectivity index (χ1v) is 7.15. The van der Waals surface area contributed by atoms with Gasteiger partial charge in [-0.25, -0.2) is 0 Å². The van der Waals surface area contributed by atoms with Crippen molar-refractivity contribution in [2.45, 2.75) is 71.3 Å². The molecule has 0 aromatic heterocycles. The number of carbonyl (C=O) groups is 1. The van der Waals surface area contributed by atoms with Crippen LogP contribution >= 0.6 is 12.4 Å². The zero-order valence-corrected chi connectivity index (χ0v) is 12.7. The predicted octanol–water partition coefficient (Wildman–Crippen LogP) is 3.01. The Morgan fingerprint density at radius 3 is 2.22 bits per heavy atom. The van der Waals surface area contributed by atoms with E-state index in [0.717, 1.165) is 25.7 Å². The van der Waals surface area contributed by atoms with Crippen LogP contribution in [0.1, 0.15) is 65.2 Å². The van der Waals surface area contributed by atoms with Gasteiger partial charge in [0.1, 0.15) is 0 Å². The lowest BCUT2D eigenvalue weighted by molar-refractivity contribution is -0.124. The van der Waals surface area contributed by atoms with Crippen LogP contribution in [0.4, 0.5) is 0 Å². The minimum absolute atomic E-state index is 0. The molecule has 0 saturated heterocycles. The van der Waals surface area contributed by atoms with Gasteiger partial charge in [-0.05, 0) is 37.6 Å². The Kier molecular flexibility index (Phi) is 8.62. The van der Waals surface area contributed by atoms with Crippen LogP contribution in [0.3, 0.4) is 0 Å². The summed E-state index contributed by atoms with van der Waals surface area (Å²) >= 11 is 0. The molecule has 0 bridgehead atoms. The molecular weight excluding hydrogens is 248 g/mol. The molecule has 18 heavy (non-hydrogen) atoms. The smallest absolute Gasteiger partial charge is 0.220 e. The number of halogens is 1. The predicted molar refractivity (Wildman–Crippen MR) is 79.0 cm³/mol. The van der Waals surface area contributed by atoms with Gasteiger partial charge in [0.25, 0.3) is 0 Å². The van der Waals surface area contributed by atoms with Crippen LogP contribution in [0.25, 0.3) is 0 Å². The van der Waals surface area contributed by atoms with Gasteiger partial charge in [0.2, 0.25) is 5.91 Å². The third-order valence-corrected chi connectivity index (χ3v) is 4.23. The fraction of sp³-hybridized carbons (Fsp3) is 0.929. The molecule has 0 aromatic rings. The van der Waals surface area contributed by atoms with Crippen molar-refractivity contribution in [1.82, 2.24) is 5.32 Å². The first-order valence-electron chi connectivity index (χ1n) is 7.15. The van der Waals surface area contributed by atoms with Gasteiger partial charge in [0, 0.05) is 12.5 Å². The highest BCUT2D eigenvalue weighted by Gasteiger charge is 2.33. The van der Waals surface area contributed by atoms with Crippen LogP contribution in [0.5, 0.6) is 0 Å². The van der Waals surface area contributed by atoms with E-state index < -0.39 is 0 Å². The second-order valence-electron chi connectivity index (χ2n) is 5.52. The van der Waals surface area contributed by atoms with Gasteiger partial charge in [-0.2, -0.15) is 0 Å². The van der Waals surface area contributed by atoms with Gasteiger partial charge in [0.05, 0.1) is 0 Å². The van der Waals surface area contributed by atoms with Crippen LogP contribution in [0.2, 0.25) is 0 Å².